The number of nitrogens with one attached hydrogen (secondary N) is 1. The van der Waals surface area contributed by atoms with Crippen LogP contribution in [0.15, 0.2) is 77.4 Å². The molecule has 1 aromatic heterocycles. The highest BCUT2D eigenvalue weighted by atomic mass is 35.5. The second-order valence-electron chi connectivity index (χ2n) is 6.93. The van der Waals surface area contributed by atoms with Gasteiger partial charge in [-0.15, -0.1) is 0 Å². The number of carbonyl (C=O) groups excluding carboxylic acids is 4. The monoisotopic (exact) mass is 465 g/mol. The van der Waals surface area contributed by atoms with Gasteiger partial charge in [0.2, 0.25) is 5.91 Å². The first kappa shape index (κ1) is 23.7. The van der Waals surface area contributed by atoms with Gasteiger partial charge in [0.15, 0.2) is 18.2 Å². The number of Topliss-reactive ketones (excluding diaryl/α,β-unsaturated/α-hetero) is 1. The summed E-state index contributed by atoms with van der Waals surface area (Å²) in [5, 5.41) is 3.14. The number of carbonyl (C=O) groups is 4. The van der Waals surface area contributed by atoms with E-state index >= 15 is 0 Å². The number of allylic oxidation sites excluding steroid dienone is 1. The molecule has 8 heteroatoms. The highest BCUT2D eigenvalue weighted by Crippen LogP contribution is 2.13. The van der Waals surface area contributed by atoms with Crippen LogP contribution in [0.2, 0.25) is 5.02 Å². The second-order valence-corrected chi connectivity index (χ2v) is 7.37. The number of esters is 1. The minimum absolute atomic E-state index is 0.111. The molecule has 0 bridgehead atoms. The summed E-state index contributed by atoms with van der Waals surface area (Å²) in [4.78, 5) is 48.1. The number of halogens is 1. The Kier molecular flexibility index (Phi) is 8.32. The lowest BCUT2D eigenvalue weighted by atomic mass is 10.1. The summed E-state index contributed by atoms with van der Waals surface area (Å²) in [6, 6.07) is 16.0. The van der Waals surface area contributed by atoms with Crippen molar-refractivity contribution in [3.05, 3.63) is 94.9 Å². The fourth-order valence-corrected chi connectivity index (χ4v) is 2.86. The molecule has 0 spiro atoms. The molecule has 0 atom stereocenters. The normalized spacial score (nSPS) is 10.7. The van der Waals surface area contributed by atoms with Crippen molar-refractivity contribution < 1.29 is 28.3 Å². The molecule has 0 fully saturated rings. The van der Waals surface area contributed by atoms with Crippen LogP contribution in [0.4, 0.5) is 5.69 Å². The van der Waals surface area contributed by atoms with Crippen LogP contribution in [-0.2, 0) is 14.3 Å². The van der Waals surface area contributed by atoms with Gasteiger partial charge in [-0.2, -0.15) is 0 Å². The van der Waals surface area contributed by atoms with Crippen molar-refractivity contribution in [2.45, 2.75) is 12.8 Å². The van der Waals surface area contributed by atoms with Crippen LogP contribution in [0, 0.1) is 0 Å². The predicted molar refractivity (Wildman–Crippen MR) is 123 cm³/mol. The molecule has 3 aromatic rings. The molecule has 0 aliphatic heterocycles. The summed E-state index contributed by atoms with van der Waals surface area (Å²) in [5.41, 5.74) is 1.31. The zero-order valence-corrected chi connectivity index (χ0v) is 18.2. The molecule has 2 aromatic carbocycles. The minimum atomic E-state index is -0.656. The largest absolute Gasteiger partial charge is 0.465 e. The number of hydrogen-bond acceptors (Lipinski definition) is 6. The van der Waals surface area contributed by atoms with E-state index in [4.69, 9.17) is 20.8 Å². The molecular weight excluding hydrogens is 446 g/mol. The van der Waals surface area contributed by atoms with Crippen molar-refractivity contribution in [2.75, 3.05) is 11.9 Å². The number of ether oxygens (including phenoxy) is 1. The van der Waals surface area contributed by atoms with Gasteiger partial charge in [-0.1, -0.05) is 11.6 Å². The number of benzene rings is 2. The van der Waals surface area contributed by atoms with Crippen molar-refractivity contribution in [3.8, 4) is 0 Å². The van der Waals surface area contributed by atoms with E-state index < -0.39 is 18.5 Å². The molecule has 0 aliphatic rings. The average Bonchev–Trinajstić information content (AvgIpc) is 3.34. The third kappa shape index (κ3) is 7.59. The highest BCUT2D eigenvalue weighted by Gasteiger charge is 2.12. The lowest BCUT2D eigenvalue weighted by molar-refractivity contribution is -0.143. The Hall–Kier alpha value is -3.97. The van der Waals surface area contributed by atoms with E-state index in [2.05, 4.69) is 5.32 Å². The quantitative estimate of drug-likeness (QED) is 0.257. The van der Waals surface area contributed by atoms with Crippen LogP contribution >= 0.6 is 11.6 Å². The Bertz CT molecular complexity index is 1150. The molecular formula is C25H20ClNO6. The number of ketones is 2. The average molecular weight is 466 g/mol. The van der Waals surface area contributed by atoms with Gasteiger partial charge in [0.25, 0.3) is 0 Å². The fourth-order valence-electron chi connectivity index (χ4n) is 2.73. The molecule has 33 heavy (non-hydrogen) atoms. The van der Waals surface area contributed by atoms with E-state index in [0.717, 1.165) is 0 Å². The molecule has 0 radical (unpaired) electrons. The molecule has 1 N–H and O–H groups in total. The Morgan fingerprint density at radius 2 is 1.61 bits per heavy atom. The summed E-state index contributed by atoms with van der Waals surface area (Å²) in [6.45, 7) is -0.411. The smallest absolute Gasteiger partial charge is 0.306 e. The van der Waals surface area contributed by atoms with Crippen molar-refractivity contribution in [3.63, 3.8) is 0 Å². The SMILES string of the molecule is O=C(CCC(=O)OCC(=O)c1ccc(Cl)cc1)Nc1ccc(C(=O)C=Cc2ccco2)cc1. The van der Waals surface area contributed by atoms with Gasteiger partial charge in [0.05, 0.1) is 12.7 Å². The first-order valence-corrected chi connectivity index (χ1v) is 10.4. The van der Waals surface area contributed by atoms with Crippen LogP contribution in [0.1, 0.15) is 39.3 Å². The molecule has 0 unspecified atom stereocenters. The first-order valence-electron chi connectivity index (χ1n) is 10.0. The number of furan rings is 1. The summed E-state index contributed by atoms with van der Waals surface area (Å²) in [6.07, 6.45) is 4.20. The molecule has 168 valence electrons. The molecule has 7 nitrogen and oxygen atoms in total. The third-order valence-corrected chi connectivity index (χ3v) is 4.73. The van der Waals surface area contributed by atoms with Crippen molar-refractivity contribution in [1.82, 2.24) is 0 Å². The van der Waals surface area contributed by atoms with E-state index in [1.807, 2.05) is 0 Å². The predicted octanol–water partition coefficient (Wildman–Crippen LogP) is 4.97. The third-order valence-electron chi connectivity index (χ3n) is 4.48. The maximum atomic E-state index is 12.2. The maximum Gasteiger partial charge on any atom is 0.306 e. The van der Waals surface area contributed by atoms with Crippen LogP contribution in [-0.4, -0.2) is 30.0 Å². The first-order chi connectivity index (χ1) is 15.9. The Balaban J connectivity index is 1.40. The van der Waals surface area contributed by atoms with Crippen molar-refractivity contribution in [1.29, 1.82) is 0 Å². The zero-order chi connectivity index (χ0) is 23.6. The van der Waals surface area contributed by atoms with E-state index in [1.54, 1.807) is 66.7 Å². The Morgan fingerprint density at radius 1 is 0.909 bits per heavy atom. The van der Waals surface area contributed by atoms with Crippen molar-refractivity contribution in [2.24, 2.45) is 0 Å². The number of amides is 1. The van der Waals surface area contributed by atoms with Gasteiger partial charge >= 0.3 is 5.97 Å². The number of rotatable bonds is 10. The molecule has 1 amide bonds. The van der Waals surface area contributed by atoms with Crippen LogP contribution in [0.3, 0.4) is 0 Å². The molecule has 0 saturated carbocycles. The summed E-state index contributed by atoms with van der Waals surface area (Å²) >= 11 is 5.77. The van der Waals surface area contributed by atoms with Gasteiger partial charge < -0.3 is 14.5 Å². The standard InChI is InChI=1S/C25H20ClNO6/c26-19-7-3-18(4-8-19)23(29)16-33-25(31)14-13-24(30)27-20-9-5-17(6-10-20)22(28)12-11-21-2-1-15-32-21/h1-12,15H,13-14,16H2,(H,27,30). The molecule has 0 aliphatic carbocycles. The van der Waals surface area contributed by atoms with Gasteiger partial charge in [-0.25, -0.2) is 0 Å². The highest BCUT2D eigenvalue weighted by molar-refractivity contribution is 6.30. The van der Waals surface area contributed by atoms with E-state index in [-0.39, 0.29) is 24.4 Å². The maximum absolute atomic E-state index is 12.2. The van der Waals surface area contributed by atoms with Crippen LogP contribution < -0.4 is 5.32 Å². The summed E-state index contributed by atoms with van der Waals surface area (Å²) in [5.74, 6) is -1.05. The van der Waals surface area contributed by atoms with E-state index in [1.165, 1.54) is 12.3 Å². The zero-order valence-electron chi connectivity index (χ0n) is 17.5. The van der Waals surface area contributed by atoms with Crippen LogP contribution in [0.25, 0.3) is 6.08 Å². The minimum Gasteiger partial charge on any atom is -0.465 e. The van der Waals surface area contributed by atoms with Crippen molar-refractivity contribution >= 4 is 46.8 Å². The molecule has 1 heterocycles. The Morgan fingerprint density at radius 3 is 2.27 bits per heavy atom. The summed E-state index contributed by atoms with van der Waals surface area (Å²) in [7, 11) is 0. The van der Waals surface area contributed by atoms with Crippen LogP contribution in [0.5, 0.6) is 0 Å². The van der Waals surface area contributed by atoms with Gasteiger partial charge in [0.1, 0.15) is 5.76 Å². The molecule has 0 saturated heterocycles. The number of hydrogen-bond donors (Lipinski definition) is 1. The van der Waals surface area contributed by atoms with Gasteiger partial charge in [-0.3, -0.25) is 19.2 Å². The lowest BCUT2D eigenvalue weighted by Gasteiger charge is -2.07. The van der Waals surface area contributed by atoms with E-state index in [9.17, 15) is 19.2 Å². The second kappa shape index (κ2) is 11.6. The van der Waals surface area contributed by atoms with E-state index in [0.29, 0.717) is 27.6 Å². The Labute approximate surface area is 195 Å². The summed E-state index contributed by atoms with van der Waals surface area (Å²) < 4.78 is 10.1. The topological polar surface area (TPSA) is 103 Å². The number of anilines is 1. The van der Waals surface area contributed by atoms with Gasteiger partial charge in [0, 0.05) is 28.3 Å². The molecule has 3 rings (SSSR count). The lowest BCUT2D eigenvalue weighted by Crippen LogP contribution is -2.17. The van der Waals surface area contributed by atoms with Gasteiger partial charge in [-0.05, 0) is 72.8 Å². The fraction of sp³-hybridized carbons (Fsp3) is 0.120.